The summed E-state index contributed by atoms with van der Waals surface area (Å²) in [6, 6.07) is 0. The van der Waals surface area contributed by atoms with Gasteiger partial charge in [0, 0.05) is 0 Å². The fraction of sp³-hybridized carbons (Fsp3) is 0.556. The summed E-state index contributed by atoms with van der Waals surface area (Å²) in [5, 5.41) is 0. The molecule has 0 saturated carbocycles. The monoisotopic (exact) mass is 311 g/mol. The quantitative estimate of drug-likeness (QED) is 0.525. The van der Waals surface area contributed by atoms with Crippen LogP contribution in [0.1, 0.15) is 19.1 Å². The van der Waals surface area contributed by atoms with Crippen molar-refractivity contribution in [2.75, 3.05) is 6.61 Å². The topological polar surface area (TPSA) is 134 Å². The lowest BCUT2D eigenvalue weighted by molar-refractivity contribution is -0.0275. The number of aromatic amines is 1. The van der Waals surface area contributed by atoms with Gasteiger partial charge in [0.1, 0.15) is 12.8 Å². The highest BCUT2D eigenvalue weighted by Crippen LogP contribution is 2.46. The molecule has 2 atom stereocenters. The van der Waals surface area contributed by atoms with Crippen LogP contribution in [-0.4, -0.2) is 36.9 Å². The first kappa shape index (κ1) is 15.2. The Hall–Kier alpha value is -1.16. The Morgan fingerprint density at radius 1 is 1.45 bits per heavy atom. The summed E-state index contributed by atoms with van der Waals surface area (Å²) in [6.07, 6.45) is 0.0978. The first-order valence-electron chi connectivity index (χ1n) is 5.64. The van der Waals surface area contributed by atoms with Crippen LogP contribution in [0, 0.1) is 5.82 Å². The Kier molecular flexibility index (Phi) is 4.33. The second-order valence-electron chi connectivity index (χ2n) is 4.24. The average molecular weight is 311 g/mol. The molecule has 112 valence electrons. The van der Waals surface area contributed by atoms with E-state index in [4.69, 9.17) is 19.4 Å². The summed E-state index contributed by atoms with van der Waals surface area (Å²) >= 11 is 0. The van der Waals surface area contributed by atoms with Crippen LogP contribution in [0.5, 0.6) is 0 Å². The van der Waals surface area contributed by atoms with Gasteiger partial charge in [-0.1, -0.05) is 0 Å². The summed E-state index contributed by atoms with van der Waals surface area (Å²) < 4.78 is 23.8. The fourth-order valence-electron chi connectivity index (χ4n) is 1.87. The molecule has 0 bridgehead atoms. The molecule has 0 spiro atoms. The SMILES string of the molecule is O=c1[nH]c(=O)n(C2CCC(CO[P+](O)(O)O)O2)cc1F. The molecule has 1 aliphatic rings. The standard InChI is InChI=1S/C9H12FN2O7P/c10-6-3-12(9(14)11-8(6)13)7-2-1-5(19-7)4-18-20(15,16)17/h3,5,7,15-17H,1-2,4H2/p+1. The molecule has 1 saturated heterocycles. The predicted octanol–water partition coefficient (Wildman–Crippen LogP) is -0.976. The molecule has 1 aromatic heterocycles. The second-order valence-corrected chi connectivity index (χ2v) is 5.53. The Labute approximate surface area is 111 Å². The van der Waals surface area contributed by atoms with Crippen LogP contribution in [-0.2, 0) is 9.26 Å². The maximum Gasteiger partial charge on any atom is 0.567 e. The average Bonchev–Trinajstić information content (AvgIpc) is 2.79. The highest BCUT2D eigenvalue weighted by atomic mass is 31.2. The van der Waals surface area contributed by atoms with Crippen LogP contribution in [0.3, 0.4) is 0 Å². The van der Waals surface area contributed by atoms with E-state index in [1.165, 1.54) is 0 Å². The van der Waals surface area contributed by atoms with Gasteiger partial charge in [0.15, 0.2) is 0 Å². The predicted molar refractivity (Wildman–Crippen MR) is 64.0 cm³/mol. The van der Waals surface area contributed by atoms with E-state index in [0.29, 0.717) is 12.8 Å². The number of aromatic nitrogens is 2. The Morgan fingerprint density at radius 2 is 2.15 bits per heavy atom. The molecule has 4 N–H and O–H groups in total. The van der Waals surface area contributed by atoms with Crippen LogP contribution in [0.2, 0.25) is 0 Å². The molecule has 2 rings (SSSR count). The molecule has 0 aromatic carbocycles. The Balaban J connectivity index is 2.05. The van der Waals surface area contributed by atoms with Gasteiger partial charge in [-0.3, -0.25) is 14.3 Å². The van der Waals surface area contributed by atoms with Gasteiger partial charge >= 0.3 is 13.9 Å². The van der Waals surface area contributed by atoms with Gasteiger partial charge in [-0.25, -0.2) is 4.79 Å². The van der Waals surface area contributed by atoms with Gasteiger partial charge < -0.3 is 4.74 Å². The number of ether oxygens (including phenoxy) is 1. The molecule has 0 radical (unpaired) electrons. The summed E-state index contributed by atoms with van der Waals surface area (Å²) in [5.41, 5.74) is -1.92. The maximum atomic E-state index is 13.1. The number of nitrogens with one attached hydrogen (secondary N) is 1. The van der Waals surface area contributed by atoms with Crippen molar-refractivity contribution in [2.24, 2.45) is 0 Å². The third-order valence-corrected chi connectivity index (χ3v) is 3.25. The third-order valence-electron chi connectivity index (χ3n) is 2.75. The molecule has 2 heterocycles. The fourth-order valence-corrected chi connectivity index (χ4v) is 2.24. The molecule has 20 heavy (non-hydrogen) atoms. The van der Waals surface area contributed by atoms with E-state index in [0.717, 1.165) is 10.8 Å². The zero-order valence-electron chi connectivity index (χ0n) is 10.1. The van der Waals surface area contributed by atoms with Gasteiger partial charge in [0.25, 0.3) is 5.56 Å². The van der Waals surface area contributed by atoms with Crippen molar-refractivity contribution >= 4 is 8.17 Å². The molecule has 9 nitrogen and oxygen atoms in total. The second kappa shape index (κ2) is 5.68. The Bertz CT molecular complexity index is 595. The molecule has 1 fully saturated rings. The molecule has 11 heteroatoms. The van der Waals surface area contributed by atoms with E-state index in [9.17, 15) is 14.0 Å². The van der Waals surface area contributed by atoms with Gasteiger partial charge in [-0.05, 0) is 12.8 Å². The number of halogens is 1. The van der Waals surface area contributed by atoms with Gasteiger partial charge in [0.2, 0.25) is 5.82 Å². The van der Waals surface area contributed by atoms with E-state index in [-0.39, 0.29) is 6.61 Å². The smallest absolute Gasteiger partial charge is 0.352 e. The van der Waals surface area contributed by atoms with E-state index in [1.54, 1.807) is 4.98 Å². The number of hydrogen-bond donors (Lipinski definition) is 4. The highest BCUT2D eigenvalue weighted by Gasteiger charge is 2.37. The lowest BCUT2D eigenvalue weighted by Crippen LogP contribution is -2.34. The normalized spacial score (nSPS) is 23.2. The number of rotatable bonds is 4. The van der Waals surface area contributed by atoms with Crippen molar-refractivity contribution in [3.63, 3.8) is 0 Å². The summed E-state index contributed by atoms with van der Waals surface area (Å²) in [4.78, 5) is 50.2. The minimum Gasteiger partial charge on any atom is -0.352 e. The van der Waals surface area contributed by atoms with E-state index >= 15 is 0 Å². The van der Waals surface area contributed by atoms with Crippen LogP contribution in [0.4, 0.5) is 4.39 Å². The molecule has 1 aromatic rings. The zero-order chi connectivity index (χ0) is 14.9. The highest BCUT2D eigenvalue weighted by molar-refractivity contribution is 7.53. The van der Waals surface area contributed by atoms with Crippen molar-refractivity contribution < 1.29 is 28.3 Å². The number of H-pyrrole nitrogens is 1. The van der Waals surface area contributed by atoms with Crippen LogP contribution in [0.15, 0.2) is 15.8 Å². The minimum absolute atomic E-state index is 0.283. The lowest BCUT2D eigenvalue weighted by Gasteiger charge is -2.15. The van der Waals surface area contributed by atoms with E-state index in [1.807, 2.05) is 0 Å². The van der Waals surface area contributed by atoms with Crippen molar-refractivity contribution in [1.29, 1.82) is 0 Å². The molecular weight excluding hydrogens is 298 g/mol. The molecule has 0 aliphatic carbocycles. The first-order valence-corrected chi connectivity index (χ1v) is 7.21. The molecule has 1 aliphatic heterocycles. The van der Waals surface area contributed by atoms with Gasteiger partial charge in [-0.15, -0.1) is 0 Å². The molecule has 2 unspecified atom stereocenters. The van der Waals surface area contributed by atoms with Crippen molar-refractivity contribution in [3.05, 3.63) is 32.9 Å². The first-order chi connectivity index (χ1) is 9.26. The summed E-state index contributed by atoms with van der Waals surface area (Å²) in [6.45, 7) is -0.283. The maximum absolute atomic E-state index is 13.1. The Morgan fingerprint density at radius 3 is 2.80 bits per heavy atom. The zero-order valence-corrected chi connectivity index (χ0v) is 11.0. The number of nitrogens with zero attached hydrogens (tertiary/aromatic N) is 1. The van der Waals surface area contributed by atoms with Crippen molar-refractivity contribution in [2.45, 2.75) is 25.2 Å². The van der Waals surface area contributed by atoms with Crippen LogP contribution in [0.25, 0.3) is 0 Å². The lowest BCUT2D eigenvalue weighted by atomic mass is 10.2. The van der Waals surface area contributed by atoms with Gasteiger partial charge in [0.05, 0.1) is 12.3 Å². The summed E-state index contributed by atoms with van der Waals surface area (Å²) in [5.74, 6) is -1.11. The van der Waals surface area contributed by atoms with Crippen molar-refractivity contribution in [3.8, 4) is 0 Å². The molecule has 0 amide bonds. The van der Waals surface area contributed by atoms with Crippen LogP contribution >= 0.6 is 8.17 Å². The van der Waals surface area contributed by atoms with Crippen molar-refractivity contribution in [1.82, 2.24) is 9.55 Å². The van der Waals surface area contributed by atoms with E-state index < -0.39 is 37.6 Å². The number of hydrogen-bond acceptors (Lipinski definition) is 7. The third kappa shape index (κ3) is 3.69. The van der Waals surface area contributed by atoms with Gasteiger partial charge in [-0.2, -0.15) is 23.6 Å². The largest absolute Gasteiger partial charge is 0.567 e. The summed E-state index contributed by atoms with van der Waals surface area (Å²) in [7, 11) is -4.34. The molecular formula is C9H13FN2O7P+. The minimum atomic E-state index is -4.34. The van der Waals surface area contributed by atoms with Crippen LogP contribution < -0.4 is 11.2 Å². The van der Waals surface area contributed by atoms with E-state index in [2.05, 4.69) is 4.52 Å².